The number of fused-ring (bicyclic) bond motifs is 1. The van der Waals surface area contributed by atoms with Crippen LogP contribution in [0.2, 0.25) is 18.1 Å². The lowest BCUT2D eigenvalue weighted by Gasteiger charge is -2.41. The monoisotopic (exact) mass is 530 g/mol. The second kappa shape index (κ2) is 11.9. The fourth-order valence-corrected chi connectivity index (χ4v) is 6.84. The van der Waals surface area contributed by atoms with Crippen LogP contribution >= 0.6 is 0 Å². The summed E-state index contributed by atoms with van der Waals surface area (Å²) < 4.78 is 12.4. The number of hydrogen-bond donors (Lipinski definition) is 1. The number of rotatable bonds is 9. The Morgan fingerprint density at radius 2 is 1.73 bits per heavy atom. The molecule has 0 spiro atoms. The maximum Gasteiger partial charge on any atom is 0.407 e. The van der Waals surface area contributed by atoms with Gasteiger partial charge >= 0.3 is 6.09 Å². The van der Waals surface area contributed by atoms with Gasteiger partial charge in [-0.05, 0) is 76.1 Å². The van der Waals surface area contributed by atoms with Gasteiger partial charge in [0.15, 0.2) is 8.32 Å². The quantitative estimate of drug-likeness (QED) is 0.274. The Morgan fingerprint density at radius 3 is 2.35 bits per heavy atom. The lowest BCUT2D eigenvalue weighted by Crippen LogP contribution is -2.44. The summed E-state index contributed by atoms with van der Waals surface area (Å²) in [6, 6.07) is 10.7. The van der Waals surface area contributed by atoms with Crippen LogP contribution in [0.5, 0.6) is 0 Å². The number of ether oxygens (including phenoxy) is 1. The maximum absolute atomic E-state index is 13.6. The number of nitrogens with one attached hydrogen (secondary N) is 1. The Bertz CT molecular complexity index is 906. The van der Waals surface area contributed by atoms with Gasteiger partial charge in [0.25, 0.3) is 0 Å². The van der Waals surface area contributed by atoms with Crippen molar-refractivity contribution in [2.75, 3.05) is 13.1 Å². The van der Waals surface area contributed by atoms with Gasteiger partial charge in [0.2, 0.25) is 5.91 Å². The van der Waals surface area contributed by atoms with Crippen LogP contribution in [0.3, 0.4) is 0 Å². The molecule has 1 saturated carbocycles. The van der Waals surface area contributed by atoms with E-state index < -0.39 is 20.0 Å². The van der Waals surface area contributed by atoms with Crippen molar-refractivity contribution in [3.05, 3.63) is 35.9 Å². The summed E-state index contributed by atoms with van der Waals surface area (Å²) in [6.07, 6.45) is 5.51. The van der Waals surface area contributed by atoms with E-state index in [0.29, 0.717) is 31.3 Å². The molecule has 0 radical (unpaired) electrons. The average molecular weight is 531 g/mol. The van der Waals surface area contributed by atoms with Gasteiger partial charge in [-0.15, -0.1) is 0 Å². The fraction of sp³-hybridized carbons (Fsp3) is 0.733. The number of benzene rings is 1. The third-order valence-electron chi connectivity index (χ3n) is 8.43. The summed E-state index contributed by atoms with van der Waals surface area (Å²) in [6.45, 7) is 18.2. The highest BCUT2D eigenvalue weighted by molar-refractivity contribution is 6.74. The predicted molar refractivity (Wildman–Crippen MR) is 152 cm³/mol. The largest absolute Gasteiger partial charge is 0.444 e. The van der Waals surface area contributed by atoms with Crippen molar-refractivity contribution in [3.8, 4) is 0 Å². The smallest absolute Gasteiger partial charge is 0.407 e. The van der Waals surface area contributed by atoms with E-state index >= 15 is 0 Å². The summed E-state index contributed by atoms with van der Waals surface area (Å²) in [5.41, 5.74) is 0.678. The molecule has 1 aliphatic heterocycles. The molecule has 0 aromatic heterocycles. The van der Waals surface area contributed by atoms with Crippen LogP contribution < -0.4 is 5.32 Å². The molecule has 1 aliphatic carbocycles. The zero-order valence-electron chi connectivity index (χ0n) is 24.4. The second-order valence-corrected chi connectivity index (χ2v) is 18.2. The van der Waals surface area contributed by atoms with E-state index in [1.54, 1.807) is 0 Å². The Hall–Kier alpha value is -1.86. The van der Waals surface area contributed by atoms with Gasteiger partial charge in [-0.2, -0.15) is 0 Å². The van der Waals surface area contributed by atoms with Crippen LogP contribution in [-0.2, 0) is 14.0 Å². The molecule has 3 rings (SSSR count). The van der Waals surface area contributed by atoms with Gasteiger partial charge in [0.1, 0.15) is 5.60 Å². The number of hydrogen-bond acceptors (Lipinski definition) is 4. The second-order valence-electron chi connectivity index (χ2n) is 13.4. The molecular weight excluding hydrogens is 480 g/mol. The first-order valence-corrected chi connectivity index (χ1v) is 17.1. The molecule has 4 atom stereocenters. The van der Waals surface area contributed by atoms with Gasteiger partial charge in [0.05, 0.1) is 6.10 Å². The molecule has 0 bridgehead atoms. The molecule has 0 unspecified atom stereocenters. The van der Waals surface area contributed by atoms with Crippen molar-refractivity contribution in [1.29, 1.82) is 0 Å². The third-order valence-corrected chi connectivity index (χ3v) is 12.9. The summed E-state index contributed by atoms with van der Waals surface area (Å²) >= 11 is 0. The van der Waals surface area contributed by atoms with Crippen LogP contribution in [0.25, 0.3) is 0 Å². The summed E-state index contributed by atoms with van der Waals surface area (Å²) in [4.78, 5) is 27.8. The molecule has 1 saturated heterocycles. The molecule has 1 heterocycles. The van der Waals surface area contributed by atoms with Gasteiger partial charge in [0, 0.05) is 25.0 Å². The fourth-order valence-electron chi connectivity index (χ4n) is 5.54. The van der Waals surface area contributed by atoms with E-state index in [0.717, 1.165) is 25.7 Å². The van der Waals surface area contributed by atoms with Crippen LogP contribution in [0, 0.1) is 11.8 Å². The Kier molecular flexibility index (Phi) is 9.54. The lowest BCUT2D eigenvalue weighted by atomic mass is 9.77. The minimum atomic E-state index is -2.03. The topological polar surface area (TPSA) is 67.9 Å². The molecule has 6 nitrogen and oxygen atoms in total. The molecule has 2 aliphatic rings. The van der Waals surface area contributed by atoms with Crippen molar-refractivity contribution < 1.29 is 18.8 Å². The predicted octanol–water partition coefficient (Wildman–Crippen LogP) is 7.07. The molecule has 1 aromatic carbocycles. The van der Waals surface area contributed by atoms with Crippen LogP contribution in [-0.4, -0.2) is 50.0 Å². The molecule has 1 N–H and O–H groups in total. The lowest BCUT2D eigenvalue weighted by molar-refractivity contribution is -0.132. The van der Waals surface area contributed by atoms with E-state index in [4.69, 9.17) is 9.16 Å². The highest BCUT2D eigenvalue weighted by Crippen LogP contribution is 2.46. The highest BCUT2D eigenvalue weighted by atomic mass is 28.4. The van der Waals surface area contributed by atoms with E-state index in [1.165, 1.54) is 12.0 Å². The third kappa shape index (κ3) is 7.82. The van der Waals surface area contributed by atoms with Crippen molar-refractivity contribution in [1.82, 2.24) is 10.2 Å². The zero-order chi connectivity index (χ0) is 27.4. The molecule has 37 heavy (non-hydrogen) atoms. The number of carbonyl (C=O) groups is 2. The SMILES string of the molecule is CC(C)(C)OC(=O)NCCCN1C(=O)[C@H]2CCCC[C@H]2[C@H]1C[C@@H](O[Si](C)(C)C(C)(C)C)c1ccccc1. The molecule has 208 valence electrons. The number of alkyl carbamates (subject to hydrolysis) is 1. The molecular formula is C30H50N2O4Si. The Morgan fingerprint density at radius 1 is 1.08 bits per heavy atom. The first kappa shape index (κ1) is 29.7. The van der Waals surface area contributed by atoms with E-state index in [9.17, 15) is 9.59 Å². The minimum Gasteiger partial charge on any atom is -0.444 e. The summed E-state index contributed by atoms with van der Waals surface area (Å²) in [5.74, 6) is 0.808. The molecule has 2 amide bonds. The van der Waals surface area contributed by atoms with Crippen molar-refractivity contribution in [2.45, 2.75) is 116 Å². The van der Waals surface area contributed by atoms with E-state index in [1.807, 2.05) is 26.8 Å². The van der Waals surface area contributed by atoms with Crippen molar-refractivity contribution in [2.24, 2.45) is 11.8 Å². The number of likely N-dealkylation sites (tertiary alicyclic amines) is 1. The molecule has 7 heteroatoms. The first-order valence-electron chi connectivity index (χ1n) is 14.2. The van der Waals surface area contributed by atoms with Crippen LogP contribution in [0.4, 0.5) is 4.79 Å². The van der Waals surface area contributed by atoms with Crippen molar-refractivity contribution >= 4 is 20.3 Å². The van der Waals surface area contributed by atoms with Crippen LogP contribution in [0.1, 0.15) is 91.7 Å². The average Bonchev–Trinajstić information content (AvgIpc) is 3.06. The summed E-state index contributed by atoms with van der Waals surface area (Å²) in [5, 5.41) is 2.95. The van der Waals surface area contributed by atoms with Crippen molar-refractivity contribution in [3.63, 3.8) is 0 Å². The van der Waals surface area contributed by atoms with Gasteiger partial charge in [-0.25, -0.2) is 4.79 Å². The molecule has 1 aromatic rings. The Balaban J connectivity index is 1.77. The van der Waals surface area contributed by atoms with Crippen LogP contribution in [0.15, 0.2) is 30.3 Å². The number of nitrogens with zero attached hydrogens (tertiary/aromatic N) is 1. The minimum absolute atomic E-state index is 0.0389. The van der Waals surface area contributed by atoms with Gasteiger partial charge in [-0.3, -0.25) is 4.79 Å². The highest BCUT2D eigenvalue weighted by Gasteiger charge is 2.49. The normalized spacial score (nSPS) is 23.5. The van der Waals surface area contributed by atoms with E-state index in [-0.39, 0.29) is 23.1 Å². The van der Waals surface area contributed by atoms with Gasteiger partial charge < -0.3 is 19.4 Å². The van der Waals surface area contributed by atoms with E-state index in [2.05, 4.69) is 68.3 Å². The van der Waals surface area contributed by atoms with Gasteiger partial charge in [-0.1, -0.05) is 63.9 Å². The standard InChI is InChI=1S/C30H50N2O4Si/c1-29(2,3)35-28(34)31-19-14-20-32-25(23-17-12-13-18-24(23)27(32)33)21-26(22-15-10-9-11-16-22)36-37(7,8)30(4,5)6/h9-11,15-16,23-26H,12-14,17-21H2,1-8H3,(H,31,34)/t23-,24+,25-,26-/m1/s1. The number of amides is 2. The first-order chi connectivity index (χ1) is 17.2. The Labute approximate surface area is 226 Å². The zero-order valence-corrected chi connectivity index (χ0v) is 25.4. The summed E-state index contributed by atoms with van der Waals surface area (Å²) in [7, 11) is -2.03. The number of carbonyl (C=O) groups excluding carboxylic acids is 2. The molecule has 2 fully saturated rings. The maximum atomic E-state index is 13.6.